The fourth-order valence-electron chi connectivity index (χ4n) is 4.56. The fraction of sp³-hybridized carbons (Fsp3) is 0.423. The summed E-state index contributed by atoms with van der Waals surface area (Å²) in [6.45, 7) is 2.25. The van der Waals surface area contributed by atoms with Gasteiger partial charge in [0.15, 0.2) is 0 Å². The summed E-state index contributed by atoms with van der Waals surface area (Å²) in [5, 5.41) is 2.80. The molecule has 4 rings (SSSR count). The van der Waals surface area contributed by atoms with Crippen molar-refractivity contribution in [2.24, 2.45) is 16.8 Å². The van der Waals surface area contributed by atoms with Gasteiger partial charge in [-0.2, -0.15) is 0 Å². The average Bonchev–Trinajstić information content (AvgIpc) is 2.88. The Morgan fingerprint density at radius 1 is 1.09 bits per heavy atom. The summed E-state index contributed by atoms with van der Waals surface area (Å²) >= 11 is 0. The molecule has 8 nitrogen and oxygen atoms in total. The molecule has 2 aliphatic rings. The smallest absolute Gasteiger partial charge is 0.343 e. The van der Waals surface area contributed by atoms with Crippen molar-refractivity contribution < 1.29 is 23.9 Å². The van der Waals surface area contributed by atoms with Crippen molar-refractivity contribution >= 4 is 23.7 Å². The molecule has 1 aromatic heterocycles. The summed E-state index contributed by atoms with van der Waals surface area (Å²) in [6, 6.07) is 8.78. The number of carbonyl (C=O) groups excluding carboxylic acids is 3. The Balaban J connectivity index is 1.53. The topological polar surface area (TPSA) is 107 Å². The van der Waals surface area contributed by atoms with E-state index >= 15 is 0 Å². The number of rotatable bonds is 7. The molecule has 0 saturated heterocycles. The zero-order valence-corrected chi connectivity index (χ0v) is 19.2. The van der Waals surface area contributed by atoms with Gasteiger partial charge in [-0.05, 0) is 55.0 Å². The molecule has 8 heteroatoms. The zero-order chi connectivity index (χ0) is 23.9. The van der Waals surface area contributed by atoms with Gasteiger partial charge in [-0.3, -0.25) is 9.78 Å². The molecule has 178 valence electrons. The lowest BCUT2D eigenvalue weighted by Crippen LogP contribution is -2.45. The zero-order valence-electron chi connectivity index (χ0n) is 19.2. The number of hydrogen-bond acceptors (Lipinski definition) is 6. The highest BCUT2D eigenvalue weighted by molar-refractivity contribution is 6.09. The van der Waals surface area contributed by atoms with Crippen LogP contribution in [-0.2, 0) is 9.53 Å². The first-order valence-electron chi connectivity index (χ1n) is 11.8. The molecule has 0 spiro atoms. The van der Waals surface area contributed by atoms with Crippen molar-refractivity contribution in [3.05, 3.63) is 59.9 Å². The van der Waals surface area contributed by atoms with Crippen molar-refractivity contribution in [2.75, 3.05) is 6.61 Å². The van der Waals surface area contributed by atoms with Crippen molar-refractivity contribution in [2.45, 2.75) is 51.5 Å². The number of aromatic nitrogens is 1. The van der Waals surface area contributed by atoms with Crippen LogP contribution < -0.4 is 10.1 Å². The maximum absolute atomic E-state index is 13.2. The Bertz CT molecular complexity index is 1060. The third-order valence-corrected chi connectivity index (χ3v) is 6.36. The molecule has 2 atom stereocenters. The van der Waals surface area contributed by atoms with Crippen LogP contribution >= 0.6 is 0 Å². The Morgan fingerprint density at radius 2 is 1.85 bits per heavy atom. The number of nitrogens with one attached hydrogen (secondary N) is 1. The van der Waals surface area contributed by atoms with Crippen LogP contribution in [0.25, 0.3) is 0 Å². The maximum atomic E-state index is 13.2. The highest BCUT2D eigenvalue weighted by atomic mass is 16.5. The highest BCUT2D eigenvalue weighted by Crippen LogP contribution is 2.32. The number of aliphatic imine (C=N–C) groups is 1. The van der Waals surface area contributed by atoms with Gasteiger partial charge in [0.1, 0.15) is 11.7 Å². The number of carbonyl (C=O) groups is 3. The van der Waals surface area contributed by atoms with Crippen molar-refractivity contribution in [3.63, 3.8) is 0 Å². The van der Waals surface area contributed by atoms with Crippen LogP contribution in [0.4, 0.5) is 4.79 Å². The van der Waals surface area contributed by atoms with Crippen molar-refractivity contribution in [1.82, 2.24) is 10.3 Å². The second kappa shape index (κ2) is 11.0. The van der Waals surface area contributed by atoms with Crippen LogP contribution in [0.2, 0.25) is 0 Å². The quantitative estimate of drug-likeness (QED) is 0.473. The van der Waals surface area contributed by atoms with Gasteiger partial charge in [-0.15, -0.1) is 0 Å². The molecule has 2 unspecified atom stereocenters. The number of ether oxygens (including phenoxy) is 2. The van der Waals surface area contributed by atoms with Crippen molar-refractivity contribution in [3.8, 4) is 5.75 Å². The van der Waals surface area contributed by atoms with E-state index in [-0.39, 0.29) is 0 Å². The van der Waals surface area contributed by atoms with E-state index in [4.69, 9.17) is 9.47 Å². The van der Waals surface area contributed by atoms with Crippen LogP contribution in [0.15, 0.2) is 53.8 Å². The lowest BCUT2D eigenvalue weighted by molar-refractivity contribution is -0.148. The third-order valence-electron chi connectivity index (χ3n) is 6.36. The first kappa shape index (κ1) is 23.6. The van der Waals surface area contributed by atoms with Gasteiger partial charge >= 0.3 is 18.0 Å². The van der Waals surface area contributed by atoms with Crippen LogP contribution in [0.5, 0.6) is 5.75 Å². The molecular weight excluding hydrogens is 434 g/mol. The molecule has 1 aromatic carbocycles. The minimum atomic E-state index is -0.738. The van der Waals surface area contributed by atoms with Gasteiger partial charge in [-0.25, -0.2) is 14.6 Å². The van der Waals surface area contributed by atoms with Gasteiger partial charge in [0.05, 0.1) is 18.2 Å². The number of nitrogens with zero attached hydrogens (tertiary/aromatic N) is 2. The van der Waals surface area contributed by atoms with E-state index in [1.54, 1.807) is 36.4 Å². The molecule has 2 heterocycles. The standard InChI is InChI=1S/C26H29N3O5/c1-2-21-22(25(31)33-16-17-7-4-3-5-8-17)23(29-26(32)28-21)19-9-6-10-20(15-19)34-24(30)18-11-13-27-14-12-18/h6,9-15,17,22-23H,2-5,7-8,16H2,1H3,(H,29,32). The van der Waals surface area contributed by atoms with Gasteiger partial charge in [0, 0.05) is 18.1 Å². The minimum Gasteiger partial charge on any atom is -0.465 e. The molecule has 1 N–H and O–H groups in total. The normalized spacial score (nSPS) is 20.7. The molecule has 1 aliphatic carbocycles. The van der Waals surface area contributed by atoms with Crippen LogP contribution in [-0.4, -0.2) is 35.3 Å². The predicted octanol–water partition coefficient (Wildman–Crippen LogP) is 4.66. The van der Waals surface area contributed by atoms with E-state index < -0.39 is 29.9 Å². The molecule has 0 radical (unpaired) electrons. The Labute approximate surface area is 198 Å². The lowest BCUT2D eigenvalue weighted by atomic mass is 9.86. The van der Waals surface area contributed by atoms with Crippen LogP contribution in [0.1, 0.15) is 67.4 Å². The van der Waals surface area contributed by atoms with E-state index in [2.05, 4.69) is 15.3 Å². The summed E-state index contributed by atoms with van der Waals surface area (Å²) in [4.78, 5) is 45.9. The van der Waals surface area contributed by atoms with E-state index in [0.29, 0.717) is 41.5 Å². The van der Waals surface area contributed by atoms with Gasteiger partial charge in [-0.1, -0.05) is 38.3 Å². The number of esters is 2. The Hall–Kier alpha value is -3.55. The summed E-state index contributed by atoms with van der Waals surface area (Å²) in [7, 11) is 0. The van der Waals surface area contributed by atoms with Crippen LogP contribution in [0.3, 0.4) is 0 Å². The summed E-state index contributed by atoms with van der Waals surface area (Å²) in [6.07, 6.45) is 9.17. The first-order valence-corrected chi connectivity index (χ1v) is 11.8. The van der Waals surface area contributed by atoms with E-state index in [1.807, 2.05) is 6.92 Å². The number of hydrogen-bond donors (Lipinski definition) is 1. The van der Waals surface area contributed by atoms with Crippen LogP contribution in [0, 0.1) is 11.8 Å². The lowest BCUT2D eigenvalue weighted by Gasteiger charge is -2.31. The Kier molecular flexibility index (Phi) is 7.67. The average molecular weight is 464 g/mol. The third kappa shape index (κ3) is 5.68. The predicted molar refractivity (Wildman–Crippen MR) is 126 cm³/mol. The molecular formula is C26H29N3O5. The first-order chi connectivity index (χ1) is 16.5. The summed E-state index contributed by atoms with van der Waals surface area (Å²) < 4.78 is 11.2. The fourth-order valence-corrected chi connectivity index (χ4v) is 4.56. The van der Waals surface area contributed by atoms with Gasteiger partial charge in [0.25, 0.3) is 0 Å². The SMILES string of the molecule is CCC1=NC(=O)NC(c2cccc(OC(=O)c3ccncc3)c2)C1C(=O)OCC1CCCCC1. The monoisotopic (exact) mass is 463 g/mol. The second-order valence-corrected chi connectivity index (χ2v) is 8.69. The Morgan fingerprint density at radius 3 is 2.59 bits per heavy atom. The van der Waals surface area contributed by atoms with Gasteiger partial charge in [0.2, 0.25) is 0 Å². The van der Waals surface area contributed by atoms with Gasteiger partial charge < -0.3 is 14.8 Å². The summed E-state index contributed by atoms with van der Waals surface area (Å²) in [5.41, 5.74) is 1.49. The molecule has 1 aliphatic heterocycles. The maximum Gasteiger partial charge on any atom is 0.343 e. The van der Waals surface area contributed by atoms with E-state index in [0.717, 1.165) is 25.7 Å². The van der Waals surface area contributed by atoms with Crippen molar-refractivity contribution in [1.29, 1.82) is 0 Å². The number of pyridine rings is 1. The minimum absolute atomic E-state index is 0.309. The van der Waals surface area contributed by atoms with E-state index in [9.17, 15) is 14.4 Å². The second-order valence-electron chi connectivity index (χ2n) is 8.69. The number of benzene rings is 1. The number of urea groups is 1. The molecule has 2 aromatic rings. The molecule has 1 fully saturated rings. The molecule has 1 saturated carbocycles. The highest BCUT2D eigenvalue weighted by Gasteiger charge is 2.39. The molecule has 0 bridgehead atoms. The summed E-state index contributed by atoms with van der Waals surface area (Å²) in [5.74, 6) is -0.963. The number of amides is 2. The molecule has 2 amide bonds. The molecule has 34 heavy (non-hydrogen) atoms. The van der Waals surface area contributed by atoms with E-state index in [1.165, 1.54) is 18.8 Å². The largest absolute Gasteiger partial charge is 0.465 e.